The second-order valence-electron chi connectivity index (χ2n) is 5.44. The summed E-state index contributed by atoms with van der Waals surface area (Å²) in [6.45, 7) is 4.44. The van der Waals surface area contributed by atoms with Gasteiger partial charge in [-0.2, -0.15) is 0 Å². The third-order valence-electron chi connectivity index (χ3n) is 3.81. The van der Waals surface area contributed by atoms with E-state index < -0.39 is 0 Å². The normalized spacial score (nSPS) is 12.6. The van der Waals surface area contributed by atoms with Crippen molar-refractivity contribution in [1.29, 1.82) is 0 Å². The maximum Gasteiger partial charge on any atom is 0.144 e. The van der Waals surface area contributed by atoms with Crippen molar-refractivity contribution in [3.8, 4) is 0 Å². The van der Waals surface area contributed by atoms with E-state index >= 15 is 0 Å². The minimum atomic E-state index is -0.125. The van der Waals surface area contributed by atoms with Crippen LogP contribution < -0.4 is 0 Å². The standard InChI is InChI=1S/C17H28FN/c1-3-5-7-9-11-15(10-8-6-4-2)16-12-13-19-14-17(16)18/h12-15H,3-11H2,1-2H3. The summed E-state index contributed by atoms with van der Waals surface area (Å²) >= 11 is 0. The van der Waals surface area contributed by atoms with Crippen LogP contribution in [0.5, 0.6) is 0 Å². The Labute approximate surface area is 117 Å². The molecule has 0 amide bonds. The van der Waals surface area contributed by atoms with Gasteiger partial charge in [0.1, 0.15) is 5.82 Å². The SMILES string of the molecule is CCCCCCC(CCCCC)c1ccncc1F. The molecule has 2 heteroatoms. The highest BCUT2D eigenvalue weighted by molar-refractivity contribution is 5.17. The van der Waals surface area contributed by atoms with Crippen LogP contribution in [0.15, 0.2) is 18.5 Å². The first-order valence-corrected chi connectivity index (χ1v) is 7.89. The molecule has 0 N–H and O–H groups in total. The molecule has 1 rings (SSSR count). The lowest BCUT2D eigenvalue weighted by molar-refractivity contribution is 0.478. The molecule has 0 radical (unpaired) electrons. The van der Waals surface area contributed by atoms with Crippen LogP contribution in [0.4, 0.5) is 4.39 Å². The van der Waals surface area contributed by atoms with E-state index in [0.29, 0.717) is 5.92 Å². The summed E-state index contributed by atoms with van der Waals surface area (Å²) < 4.78 is 13.9. The minimum absolute atomic E-state index is 0.125. The average molecular weight is 265 g/mol. The zero-order chi connectivity index (χ0) is 13.9. The Bertz CT molecular complexity index is 338. The molecule has 1 atom stereocenters. The van der Waals surface area contributed by atoms with Gasteiger partial charge in [0, 0.05) is 6.20 Å². The molecule has 1 aromatic heterocycles. The van der Waals surface area contributed by atoms with Gasteiger partial charge in [-0.1, -0.05) is 58.8 Å². The van der Waals surface area contributed by atoms with E-state index in [2.05, 4.69) is 18.8 Å². The zero-order valence-electron chi connectivity index (χ0n) is 12.5. The molecular formula is C17H28FN. The van der Waals surface area contributed by atoms with Gasteiger partial charge in [-0.15, -0.1) is 0 Å². The van der Waals surface area contributed by atoms with Crippen LogP contribution in [0, 0.1) is 5.82 Å². The first-order valence-electron chi connectivity index (χ1n) is 7.89. The second-order valence-corrected chi connectivity index (χ2v) is 5.44. The predicted molar refractivity (Wildman–Crippen MR) is 79.8 cm³/mol. The first-order chi connectivity index (χ1) is 9.29. The van der Waals surface area contributed by atoms with Crippen LogP contribution in [-0.4, -0.2) is 4.98 Å². The molecule has 1 aromatic rings. The molecule has 0 fully saturated rings. The van der Waals surface area contributed by atoms with Gasteiger partial charge in [0.15, 0.2) is 0 Å². The van der Waals surface area contributed by atoms with Crippen molar-refractivity contribution >= 4 is 0 Å². The number of halogens is 1. The Morgan fingerprint density at radius 1 is 1.00 bits per heavy atom. The smallest absolute Gasteiger partial charge is 0.144 e. The van der Waals surface area contributed by atoms with Crippen LogP contribution in [0.3, 0.4) is 0 Å². The molecule has 0 aliphatic carbocycles. The van der Waals surface area contributed by atoms with Crippen LogP contribution in [0.25, 0.3) is 0 Å². The Balaban J connectivity index is 2.55. The fraction of sp³-hybridized carbons (Fsp3) is 0.706. The Kier molecular flexibility index (Phi) is 8.44. The van der Waals surface area contributed by atoms with E-state index in [1.54, 1.807) is 6.20 Å². The number of pyridine rings is 1. The third-order valence-corrected chi connectivity index (χ3v) is 3.81. The highest BCUT2D eigenvalue weighted by atomic mass is 19.1. The third kappa shape index (κ3) is 6.17. The Morgan fingerprint density at radius 2 is 1.63 bits per heavy atom. The largest absolute Gasteiger partial charge is 0.262 e. The van der Waals surface area contributed by atoms with Crippen molar-refractivity contribution in [2.75, 3.05) is 0 Å². The van der Waals surface area contributed by atoms with Crippen molar-refractivity contribution in [3.05, 3.63) is 29.8 Å². The van der Waals surface area contributed by atoms with Crippen molar-refractivity contribution in [1.82, 2.24) is 4.98 Å². The number of nitrogens with zero attached hydrogens (tertiary/aromatic N) is 1. The summed E-state index contributed by atoms with van der Waals surface area (Å²) in [4.78, 5) is 3.86. The lowest BCUT2D eigenvalue weighted by Crippen LogP contribution is -2.03. The van der Waals surface area contributed by atoms with Gasteiger partial charge in [-0.25, -0.2) is 4.39 Å². The van der Waals surface area contributed by atoms with Crippen molar-refractivity contribution < 1.29 is 4.39 Å². The molecule has 0 aromatic carbocycles. The summed E-state index contributed by atoms with van der Waals surface area (Å²) in [5.74, 6) is 0.255. The lowest BCUT2D eigenvalue weighted by Gasteiger charge is -2.17. The topological polar surface area (TPSA) is 12.9 Å². The van der Waals surface area contributed by atoms with E-state index in [9.17, 15) is 4.39 Å². The van der Waals surface area contributed by atoms with E-state index in [1.807, 2.05) is 6.07 Å². The van der Waals surface area contributed by atoms with E-state index in [4.69, 9.17) is 0 Å². The highest BCUT2D eigenvalue weighted by Crippen LogP contribution is 2.29. The summed E-state index contributed by atoms with van der Waals surface area (Å²) in [6, 6.07) is 1.87. The van der Waals surface area contributed by atoms with Gasteiger partial charge in [0.25, 0.3) is 0 Å². The summed E-state index contributed by atoms with van der Waals surface area (Å²) in [5.41, 5.74) is 0.877. The quantitative estimate of drug-likeness (QED) is 0.483. The summed E-state index contributed by atoms with van der Waals surface area (Å²) in [6.07, 6.45) is 14.0. The average Bonchev–Trinajstić information content (AvgIpc) is 2.42. The fourth-order valence-electron chi connectivity index (χ4n) is 2.63. The van der Waals surface area contributed by atoms with E-state index in [0.717, 1.165) is 18.4 Å². The molecule has 0 bridgehead atoms. The van der Waals surface area contributed by atoms with Crippen LogP contribution in [-0.2, 0) is 0 Å². The Morgan fingerprint density at radius 3 is 2.26 bits per heavy atom. The predicted octanol–water partition coefficient (Wildman–Crippen LogP) is 5.86. The number of hydrogen-bond donors (Lipinski definition) is 0. The van der Waals surface area contributed by atoms with Crippen molar-refractivity contribution in [3.63, 3.8) is 0 Å². The molecule has 0 spiro atoms. The maximum absolute atomic E-state index is 13.9. The molecule has 19 heavy (non-hydrogen) atoms. The molecular weight excluding hydrogens is 237 g/mol. The number of rotatable bonds is 10. The minimum Gasteiger partial charge on any atom is -0.262 e. The molecule has 0 saturated heterocycles. The van der Waals surface area contributed by atoms with Gasteiger partial charge in [-0.3, -0.25) is 4.98 Å². The maximum atomic E-state index is 13.9. The molecule has 0 aliphatic heterocycles. The number of unbranched alkanes of at least 4 members (excludes halogenated alkanes) is 5. The van der Waals surface area contributed by atoms with Crippen LogP contribution in [0.2, 0.25) is 0 Å². The first kappa shape index (κ1) is 16.1. The van der Waals surface area contributed by atoms with Crippen LogP contribution in [0.1, 0.15) is 83.1 Å². The molecule has 1 unspecified atom stereocenters. The number of aromatic nitrogens is 1. The second kappa shape index (κ2) is 9.94. The fourth-order valence-corrected chi connectivity index (χ4v) is 2.63. The van der Waals surface area contributed by atoms with Crippen LogP contribution >= 0.6 is 0 Å². The van der Waals surface area contributed by atoms with Gasteiger partial charge in [-0.05, 0) is 30.4 Å². The Hall–Kier alpha value is -0.920. The van der Waals surface area contributed by atoms with Gasteiger partial charge >= 0.3 is 0 Å². The lowest BCUT2D eigenvalue weighted by atomic mass is 9.88. The van der Waals surface area contributed by atoms with Gasteiger partial charge < -0.3 is 0 Å². The van der Waals surface area contributed by atoms with Gasteiger partial charge in [0.05, 0.1) is 6.20 Å². The highest BCUT2D eigenvalue weighted by Gasteiger charge is 2.15. The van der Waals surface area contributed by atoms with Crippen molar-refractivity contribution in [2.45, 2.75) is 77.6 Å². The van der Waals surface area contributed by atoms with Crippen molar-refractivity contribution in [2.24, 2.45) is 0 Å². The van der Waals surface area contributed by atoms with E-state index in [1.165, 1.54) is 51.1 Å². The monoisotopic (exact) mass is 265 g/mol. The summed E-state index contributed by atoms with van der Waals surface area (Å²) in [7, 11) is 0. The molecule has 108 valence electrons. The van der Waals surface area contributed by atoms with Gasteiger partial charge in [0.2, 0.25) is 0 Å². The molecule has 1 nitrogen and oxygen atoms in total. The summed E-state index contributed by atoms with van der Waals surface area (Å²) in [5, 5.41) is 0. The molecule has 0 saturated carbocycles. The molecule has 0 aliphatic rings. The van der Waals surface area contributed by atoms with E-state index in [-0.39, 0.29) is 5.82 Å². The zero-order valence-corrected chi connectivity index (χ0v) is 12.5. The molecule has 1 heterocycles. The number of hydrogen-bond acceptors (Lipinski definition) is 1.